The Balaban J connectivity index is 1.89. The van der Waals surface area contributed by atoms with E-state index in [0.717, 1.165) is 26.1 Å². The predicted molar refractivity (Wildman–Crippen MR) is 66.9 cm³/mol. The molecule has 2 atom stereocenters. The lowest BCUT2D eigenvalue weighted by Gasteiger charge is -2.41. The number of nitrogens with zero attached hydrogens (tertiary/aromatic N) is 1. The first kappa shape index (κ1) is 12.7. The lowest BCUT2D eigenvalue weighted by Crippen LogP contribution is -2.54. The second-order valence-electron chi connectivity index (χ2n) is 6.18. The maximum atomic E-state index is 12.0. The zero-order valence-electron chi connectivity index (χ0n) is 11.2. The Labute approximate surface area is 104 Å². The normalized spacial score (nSPS) is 29.7. The lowest BCUT2D eigenvalue weighted by atomic mass is 9.85. The molecular formula is C13H24N2O2. The summed E-state index contributed by atoms with van der Waals surface area (Å²) >= 11 is 0. The summed E-state index contributed by atoms with van der Waals surface area (Å²) in [4.78, 5) is 13.8. The van der Waals surface area contributed by atoms with Gasteiger partial charge in [-0.25, -0.2) is 4.79 Å². The number of hydrogen-bond donors (Lipinski definition) is 1. The van der Waals surface area contributed by atoms with E-state index in [1.165, 1.54) is 12.8 Å². The van der Waals surface area contributed by atoms with Crippen molar-refractivity contribution in [1.82, 2.24) is 10.2 Å². The third kappa shape index (κ3) is 3.35. The summed E-state index contributed by atoms with van der Waals surface area (Å²) in [6.07, 6.45) is 3.37. The van der Waals surface area contributed by atoms with Gasteiger partial charge in [-0.3, -0.25) is 0 Å². The van der Waals surface area contributed by atoms with E-state index in [-0.39, 0.29) is 6.09 Å². The van der Waals surface area contributed by atoms with E-state index in [1.807, 2.05) is 25.7 Å². The summed E-state index contributed by atoms with van der Waals surface area (Å²) in [7, 11) is 0. The van der Waals surface area contributed by atoms with Gasteiger partial charge in [0.15, 0.2) is 0 Å². The first-order valence-electron chi connectivity index (χ1n) is 6.67. The van der Waals surface area contributed by atoms with Crippen LogP contribution in [0.15, 0.2) is 0 Å². The van der Waals surface area contributed by atoms with Gasteiger partial charge in [0.2, 0.25) is 0 Å². The van der Waals surface area contributed by atoms with Crippen LogP contribution in [0.4, 0.5) is 4.79 Å². The molecule has 0 aromatic rings. The summed E-state index contributed by atoms with van der Waals surface area (Å²) in [5.74, 6) is 0.616. The quantitative estimate of drug-likeness (QED) is 0.704. The van der Waals surface area contributed by atoms with Gasteiger partial charge in [-0.15, -0.1) is 0 Å². The maximum absolute atomic E-state index is 12.0. The minimum atomic E-state index is -0.390. The lowest BCUT2D eigenvalue weighted by molar-refractivity contribution is 0.0106. The summed E-state index contributed by atoms with van der Waals surface area (Å²) in [6, 6.07) is 0.613. The van der Waals surface area contributed by atoms with Crippen LogP contribution in [-0.2, 0) is 4.74 Å². The smallest absolute Gasteiger partial charge is 0.410 e. The van der Waals surface area contributed by atoms with Crippen molar-refractivity contribution in [1.29, 1.82) is 0 Å². The average molecular weight is 240 g/mol. The van der Waals surface area contributed by atoms with Crippen LogP contribution in [0.25, 0.3) is 0 Å². The van der Waals surface area contributed by atoms with Crippen LogP contribution in [0, 0.1) is 5.92 Å². The highest BCUT2D eigenvalue weighted by molar-refractivity contribution is 5.68. The third-order valence-corrected chi connectivity index (χ3v) is 3.54. The van der Waals surface area contributed by atoms with Crippen LogP contribution >= 0.6 is 0 Å². The number of amides is 1. The van der Waals surface area contributed by atoms with Gasteiger partial charge in [0.05, 0.1) is 0 Å². The fourth-order valence-corrected chi connectivity index (χ4v) is 2.74. The number of ether oxygens (including phenoxy) is 1. The van der Waals surface area contributed by atoms with Gasteiger partial charge < -0.3 is 15.0 Å². The Morgan fingerprint density at radius 1 is 1.35 bits per heavy atom. The van der Waals surface area contributed by atoms with Crippen LogP contribution < -0.4 is 5.32 Å². The molecule has 2 aliphatic rings. The number of fused-ring (bicyclic) bond motifs is 1. The molecule has 0 spiro atoms. The molecule has 4 nitrogen and oxygen atoms in total. The molecule has 0 saturated carbocycles. The van der Waals surface area contributed by atoms with E-state index >= 15 is 0 Å². The van der Waals surface area contributed by atoms with E-state index in [4.69, 9.17) is 4.74 Å². The van der Waals surface area contributed by atoms with Gasteiger partial charge in [-0.2, -0.15) is 0 Å². The van der Waals surface area contributed by atoms with Crippen LogP contribution in [0.1, 0.15) is 40.0 Å². The molecule has 2 fully saturated rings. The summed E-state index contributed by atoms with van der Waals surface area (Å²) in [6.45, 7) is 8.56. The van der Waals surface area contributed by atoms with Gasteiger partial charge in [-0.1, -0.05) is 0 Å². The Bertz CT molecular complexity index is 286. The molecule has 2 heterocycles. The Kier molecular flexibility index (Phi) is 3.61. The van der Waals surface area contributed by atoms with Gasteiger partial charge in [-0.05, 0) is 52.5 Å². The summed E-state index contributed by atoms with van der Waals surface area (Å²) in [5.41, 5.74) is -0.390. The van der Waals surface area contributed by atoms with Crippen LogP contribution in [0.5, 0.6) is 0 Å². The number of carbonyl (C=O) groups excluding carboxylic acids is 1. The van der Waals surface area contributed by atoms with Crippen molar-refractivity contribution < 1.29 is 9.53 Å². The Morgan fingerprint density at radius 2 is 2.12 bits per heavy atom. The van der Waals surface area contributed by atoms with Crippen molar-refractivity contribution in [2.45, 2.75) is 51.7 Å². The molecule has 0 unspecified atom stereocenters. The molecular weight excluding hydrogens is 216 g/mol. The summed E-state index contributed by atoms with van der Waals surface area (Å²) in [5, 5.41) is 3.55. The molecule has 1 amide bonds. The monoisotopic (exact) mass is 240 g/mol. The topological polar surface area (TPSA) is 41.6 Å². The highest BCUT2D eigenvalue weighted by atomic mass is 16.6. The van der Waals surface area contributed by atoms with Crippen molar-refractivity contribution in [3.05, 3.63) is 0 Å². The number of carbonyl (C=O) groups is 1. The minimum Gasteiger partial charge on any atom is -0.444 e. The molecule has 17 heavy (non-hydrogen) atoms. The molecule has 0 aromatic carbocycles. The molecule has 0 bridgehead atoms. The van der Waals surface area contributed by atoms with E-state index in [0.29, 0.717) is 12.0 Å². The largest absolute Gasteiger partial charge is 0.444 e. The molecule has 2 aliphatic heterocycles. The first-order chi connectivity index (χ1) is 7.96. The second-order valence-corrected chi connectivity index (χ2v) is 6.18. The molecule has 0 aliphatic carbocycles. The molecule has 1 N–H and O–H groups in total. The predicted octanol–water partition coefficient (Wildman–Crippen LogP) is 2.00. The van der Waals surface area contributed by atoms with E-state index < -0.39 is 5.60 Å². The Morgan fingerprint density at radius 3 is 2.82 bits per heavy atom. The molecule has 98 valence electrons. The number of rotatable bonds is 0. The average Bonchev–Trinajstić information content (AvgIpc) is 2.26. The number of nitrogens with one attached hydrogen (secondary N) is 1. The molecule has 2 saturated heterocycles. The second kappa shape index (κ2) is 4.84. The van der Waals surface area contributed by atoms with E-state index in [1.54, 1.807) is 0 Å². The SMILES string of the molecule is CC(C)(C)OC(=O)N1CC[C@H]2NCCC[C@@H]2C1. The standard InChI is InChI=1S/C13H24N2O2/c1-13(2,3)17-12(16)15-8-6-11-10(9-15)5-4-7-14-11/h10-11,14H,4-9H2,1-3H3/t10-,11-/m1/s1. The van der Waals surface area contributed by atoms with Crippen molar-refractivity contribution >= 4 is 6.09 Å². The molecule has 0 radical (unpaired) electrons. The molecule has 2 rings (SSSR count). The molecule has 0 aromatic heterocycles. The van der Waals surface area contributed by atoms with Crippen LogP contribution in [0.2, 0.25) is 0 Å². The van der Waals surface area contributed by atoms with E-state index in [9.17, 15) is 4.79 Å². The minimum absolute atomic E-state index is 0.151. The Hall–Kier alpha value is -0.770. The van der Waals surface area contributed by atoms with E-state index in [2.05, 4.69) is 5.32 Å². The summed E-state index contributed by atoms with van der Waals surface area (Å²) < 4.78 is 5.42. The fourth-order valence-electron chi connectivity index (χ4n) is 2.74. The van der Waals surface area contributed by atoms with Gasteiger partial charge in [0, 0.05) is 19.1 Å². The zero-order valence-corrected chi connectivity index (χ0v) is 11.2. The van der Waals surface area contributed by atoms with Gasteiger partial charge in [0.1, 0.15) is 5.60 Å². The first-order valence-corrected chi connectivity index (χ1v) is 6.67. The number of likely N-dealkylation sites (tertiary alicyclic amines) is 1. The fraction of sp³-hybridized carbons (Fsp3) is 0.923. The van der Waals surface area contributed by atoms with Gasteiger partial charge >= 0.3 is 6.09 Å². The van der Waals surface area contributed by atoms with Crippen molar-refractivity contribution in [2.24, 2.45) is 5.92 Å². The van der Waals surface area contributed by atoms with Crippen LogP contribution in [-0.4, -0.2) is 42.3 Å². The van der Waals surface area contributed by atoms with Crippen molar-refractivity contribution in [2.75, 3.05) is 19.6 Å². The number of hydrogen-bond acceptors (Lipinski definition) is 3. The van der Waals surface area contributed by atoms with Crippen LogP contribution in [0.3, 0.4) is 0 Å². The molecule has 4 heteroatoms. The van der Waals surface area contributed by atoms with Crippen molar-refractivity contribution in [3.8, 4) is 0 Å². The van der Waals surface area contributed by atoms with Crippen molar-refractivity contribution in [3.63, 3.8) is 0 Å². The highest BCUT2D eigenvalue weighted by Crippen LogP contribution is 2.25. The van der Waals surface area contributed by atoms with Gasteiger partial charge in [0.25, 0.3) is 0 Å². The number of piperidine rings is 2. The third-order valence-electron chi connectivity index (χ3n) is 3.54. The maximum Gasteiger partial charge on any atom is 0.410 e. The zero-order chi connectivity index (χ0) is 12.5. The highest BCUT2D eigenvalue weighted by Gasteiger charge is 2.34.